The predicted molar refractivity (Wildman–Crippen MR) is 82.5 cm³/mol. The van der Waals surface area contributed by atoms with Crippen LogP contribution in [0.4, 0.5) is 0 Å². The van der Waals surface area contributed by atoms with Crippen molar-refractivity contribution in [3.05, 3.63) is 28.2 Å². The van der Waals surface area contributed by atoms with E-state index < -0.39 is 0 Å². The molecule has 20 heavy (non-hydrogen) atoms. The molecule has 0 atom stereocenters. The van der Waals surface area contributed by atoms with Crippen LogP contribution in [0.25, 0.3) is 0 Å². The minimum Gasteiger partial charge on any atom is -0.506 e. The summed E-state index contributed by atoms with van der Waals surface area (Å²) in [4.78, 5) is 13.3. The second kappa shape index (κ2) is 7.09. The fraction of sp³-hybridized carbons (Fsp3) is 0.533. The van der Waals surface area contributed by atoms with Crippen LogP contribution < -0.4 is 5.32 Å². The summed E-state index contributed by atoms with van der Waals surface area (Å²) in [5.74, 6) is 0.964. The van der Waals surface area contributed by atoms with Gasteiger partial charge in [0.05, 0.1) is 4.47 Å². The van der Waals surface area contributed by atoms with Gasteiger partial charge in [0.15, 0.2) is 0 Å². The van der Waals surface area contributed by atoms with Gasteiger partial charge in [-0.25, -0.2) is 0 Å². The number of hydrogen-bond acceptors (Lipinski definition) is 3. The molecular formula is C15H21BrN2O2. The minimum atomic E-state index is 0.0477. The zero-order valence-corrected chi connectivity index (χ0v) is 13.3. The van der Waals surface area contributed by atoms with E-state index in [-0.39, 0.29) is 5.91 Å². The van der Waals surface area contributed by atoms with Gasteiger partial charge in [0.25, 0.3) is 0 Å². The van der Waals surface area contributed by atoms with Gasteiger partial charge in [0.2, 0.25) is 5.91 Å². The first kappa shape index (κ1) is 15.3. The first-order valence-corrected chi connectivity index (χ1v) is 7.78. The number of benzene rings is 1. The predicted octanol–water partition coefficient (Wildman–Crippen LogP) is 2.50. The maximum atomic E-state index is 10.9. The number of likely N-dealkylation sites (tertiary alicyclic amines) is 1. The SMILES string of the molecule is CC(=O)NCC1CCN(Cc2cccc(Br)c2O)CC1. The summed E-state index contributed by atoms with van der Waals surface area (Å²) < 4.78 is 0.746. The van der Waals surface area contributed by atoms with Crippen molar-refractivity contribution < 1.29 is 9.90 Å². The van der Waals surface area contributed by atoms with Crippen LogP contribution in [-0.4, -0.2) is 35.5 Å². The number of aromatic hydroxyl groups is 1. The summed E-state index contributed by atoms with van der Waals surface area (Å²) in [6, 6.07) is 5.75. The molecule has 2 N–H and O–H groups in total. The highest BCUT2D eigenvalue weighted by atomic mass is 79.9. The van der Waals surface area contributed by atoms with Crippen LogP contribution in [-0.2, 0) is 11.3 Å². The van der Waals surface area contributed by atoms with E-state index >= 15 is 0 Å². The summed E-state index contributed by atoms with van der Waals surface area (Å²) in [5.41, 5.74) is 0.958. The number of carbonyl (C=O) groups is 1. The highest BCUT2D eigenvalue weighted by Gasteiger charge is 2.20. The quantitative estimate of drug-likeness (QED) is 0.885. The molecule has 5 heteroatoms. The lowest BCUT2D eigenvalue weighted by Crippen LogP contribution is -2.37. The first-order chi connectivity index (χ1) is 9.56. The number of para-hydroxylation sites is 1. The van der Waals surface area contributed by atoms with Crippen LogP contribution in [0.2, 0.25) is 0 Å². The van der Waals surface area contributed by atoms with E-state index in [9.17, 15) is 9.90 Å². The molecule has 1 aliphatic rings. The number of hydrogen-bond donors (Lipinski definition) is 2. The maximum absolute atomic E-state index is 10.9. The second-order valence-electron chi connectivity index (χ2n) is 5.40. The number of nitrogens with zero attached hydrogens (tertiary/aromatic N) is 1. The Morgan fingerprint density at radius 3 is 2.80 bits per heavy atom. The molecule has 1 fully saturated rings. The molecule has 1 amide bonds. The smallest absolute Gasteiger partial charge is 0.216 e. The Hall–Kier alpha value is -1.07. The average molecular weight is 341 g/mol. The third-order valence-electron chi connectivity index (χ3n) is 3.81. The third-order valence-corrected chi connectivity index (χ3v) is 4.45. The van der Waals surface area contributed by atoms with Crippen LogP contribution >= 0.6 is 15.9 Å². The molecule has 0 bridgehead atoms. The van der Waals surface area contributed by atoms with E-state index in [4.69, 9.17) is 0 Å². The number of halogens is 1. The van der Waals surface area contributed by atoms with Gasteiger partial charge in [-0.05, 0) is 53.8 Å². The number of carbonyl (C=O) groups excluding carboxylic acids is 1. The Balaban J connectivity index is 1.82. The molecule has 1 aromatic rings. The van der Waals surface area contributed by atoms with Gasteiger partial charge in [-0.15, -0.1) is 0 Å². The number of phenolic OH excluding ortho intramolecular Hbond substituents is 1. The lowest BCUT2D eigenvalue weighted by atomic mass is 9.96. The molecule has 0 saturated carbocycles. The van der Waals surface area contributed by atoms with E-state index in [0.717, 1.165) is 49.1 Å². The van der Waals surface area contributed by atoms with Crippen molar-refractivity contribution in [2.24, 2.45) is 5.92 Å². The van der Waals surface area contributed by atoms with Crippen molar-refractivity contribution in [1.82, 2.24) is 10.2 Å². The Kier molecular flexibility index (Phi) is 5.43. The summed E-state index contributed by atoms with van der Waals surface area (Å²) >= 11 is 3.35. The van der Waals surface area contributed by atoms with E-state index in [0.29, 0.717) is 11.7 Å². The molecule has 4 nitrogen and oxygen atoms in total. The van der Waals surface area contributed by atoms with Crippen LogP contribution in [0.1, 0.15) is 25.3 Å². The molecule has 1 aromatic carbocycles. The Morgan fingerprint density at radius 2 is 2.15 bits per heavy atom. The highest BCUT2D eigenvalue weighted by molar-refractivity contribution is 9.10. The van der Waals surface area contributed by atoms with Crippen molar-refractivity contribution >= 4 is 21.8 Å². The number of amides is 1. The zero-order chi connectivity index (χ0) is 14.5. The number of piperidine rings is 1. The third kappa shape index (κ3) is 4.21. The Bertz CT molecular complexity index is 471. The lowest BCUT2D eigenvalue weighted by Gasteiger charge is -2.32. The van der Waals surface area contributed by atoms with Gasteiger partial charge in [0.1, 0.15) is 5.75 Å². The highest BCUT2D eigenvalue weighted by Crippen LogP contribution is 2.29. The van der Waals surface area contributed by atoms with E-state index in [2.05, 4.69) is 26.1 Å². The second-order valence-corrected chi connectivity index (χ2v) is 6.26. The molecular weight excluding hydrogens is 320 g/mol. The number of nitrogens with one attached hydrogen (secondary N) is 1. The minimum absolute atomic E-state index is 0.0477. The van der Waals surface area contributed by atoms with E-state index in [1.807, 2.05) is 18.2 Å². The first-order valence-electron chi connectivity index (χ1n) is 6.99. The topological polar surface area (TPSA) is 52.6 Å². The van der Waals surface area contributed by atoms with Crippen molar-refractivity contribution in [3.63, 3.8) is 0 Å². The summed E-state index contributed by atoms with van der Waals surface area (Å²) in [6.45, 7) is 5.14. The van der Waals surface area contributed by atoms with Crippen LogP contribution in [0, 0.1) is 5.92 Å². The molecule has 1 heterocycles. The lowest BCUT2D eigenvalue weighted by molar-refractivity contribution is -0.119. The van der Waals surface area contributed by atoms with Gasteiger partial charge >= 0.3 is 0 Å². The number of phenols is 1. The molecule has 1 saturated heterocycles. The van der Waals surface area contributed by atoms with E-state index in [1.54, 1.807) is 6.92 Å². The van der Waals surface area contributed by atoms with Crippen LogP contribution in [0.5, 0.6) is 5.75 Å². The van der Waals surface area contributed by atoms with Crippen molar-refractivity contribution in [3.8, 4) is 5.75 Å². The van der Waals surface area contributed by atoms with Gasteiger partial charge < -0.3 is 10.4 Å². The Labute approximate surface area is 128 Å². The van der Waals surface area contributed by atoms with Crippen molar-refractivity contribution in [1.29, 1.82) is 0 Å². The van der Waals surface area contributed by atoms with Crippen molar-refractivity contribution in [2.75, 3.05) is 19.6 Å². The maximum Gasteiger partial charge on any atom is 0.216 e. The van der Waals surface area contributed by atoms with E-state index in [1.165, 1.54) is 0 Å². The molecule has 1 aliphatic heterocycles. The average Bonchev–Trinajstić information content (AvgIpc) is 2.43. The monoisotopic (exact) mass is 340 g/mol. The molecule has 0 aromatic heterocycles. The molecule has 2 rings (SSSR count). The molecule has 0 spiro atoms. The largest absolute Gasteiger partial charge is 0.506 e. The standard InChI is InChI=1S/C15H21BrN2O2/c1-11(19)17-9-12-5-7-18(8-6-12)10-13-3-2-4-14(16)15(13)20/h2-4,12,20H,5-10H2,1H3,(H,17,19). The summed E-state index contributed by atoms with van der Waals surface area (Å²) in [7, 11) is 0. The van der Waals surface area contributed by atoms with Crippen LogP contribution in [0.3, 0.4) is 0 Å². The fourth-order valence-electron chi connectivity index (χ4n) is 2.57. The summed E-state index contributed by atoms with van der Waals surface area (Å²) in [5, 5.41) is 12.9. The Morgan fingerprint density at radius 1 is 1.45 bits per heavy atom. The molecule has 0 radical (unpaired) electrons. The fourth-order valence-corrected chi connectivity index (χ4v) is 2.97. The number of rotatable bonds is 4. The zero-order valence-electron chi connectivity index (χ0n) is 11.7. The van der Waals surface area contributed by atoms with Gasteiger partial charge in [-0.1, -0.05) is 12.1 Å². The van der Waals surface area contributed by atoms with Gasteiger partial charge in [0, 0.05) is 25.6 Å². The normalized spacial score (nSPS) is 17.1. The van der Waals surface area contributed by atoms with Crippen molar-refractivity contribution in [2.45, 2.75) is 26.3 Å². The molecule has 0 unspecified atom stereocenters. The molecule has 0 aliphatic carbocycles. The van der Waals surface area contributed by atoms with Gasteiger partial charge in [-0.3, -0.25) is 9.69 Å². The van der Waals surface area contributed by atoms with Crippen LogP contribution in [0.15, 0.2) is 22.7 Å². The molecule has 110 valence electrons. The summed E-state index contributed by atoms with van der Waals surface area (Å²) in [6.07, 6.45) is 2.18. The van der Waals surface area contributed by atoms with Gasteiger partial charge in [-0.2, -0.15) is 0 Å².